The Morgan fingerprint density at radius 1 is 1.11 bits per heavy atom. The lowest BCUT2D eigenvalue weighted by molar-refractivity contribution is 0.146. The molecule has 0 aliphatic carbocycles. The second-order valence-corrected chi connectivity index (χ2v) is 10.3. The van der Waals surface area contributed by atoms with Crippen LogP contribution < -0.4 is 15.0 Å². The fourth-order valence-electron chi connectivity index (χ4n) is 4.39. The normalized spacial score (nSPS) is 17.2. The number of furan rings is 1. The van der Waals surface area contributed by atoms with E-state index >= 15 is 0 Å². The lowest BCUT2D eigenvalue weighted by atomic mass is 10.0. The largest absolute Gasteiger partial charge is 0.490 e. The Hall–Kier alpha value is -2.91. The first-order chi connectivity index (χ1) is 18.0. The number of halogens is 2. The van der Waals surface area contributed by atoms with Crippen LogP contribution in [0.2, 0.25) is 5.02 Å². The molecule has 2 atom stereocenters. The van der Waals surface area contributed by atoms with Crippen LogP contribution in [0.3, 0.4) is 0 Å². The Labute approximate surface area is 234 Å². The van der Waals surface area contributed by atoms with Crippen LogP contribution in [0.1, 0.15) is 29.1 Å². The first-order valence-electron chi connectivity index (χ1n) is 11.7. The zero-order chi connectivity index (χ0) is 25.9. The van der Waals surface area contributed by atoms with Crippen molar-refractivity contribution in [1.29, 1.82) is 0 Å². The van der Waals surface area contributed by atoms with Crippen LogP contribution in [-0.4, -0.2) is 30.4 Å². The Morgan fingerprint density at radius 2 is 1.97 bits per heavy atom. The summed E-state index contributed by atoms with van der Waals surface area (Å²) in [7, 11) is 1.63. The van der Waals surface area contributed by atoms with E-state index in [2.05, 4.69) is 51.4 Å². The highest BCUT2D eigenvalue weighted by Gasteiger charge is 2.42. The van der Waals surface area contributed by atoms with Gasteiger partial charge in [-0.05, 0) is 79.3 Å². The van der Waals surface area contributed by atoms with Crippen LogP contribution in [0, 0.1) is 6.92 Å². The van der Waals surface area contributed by atoms with Gasteiger partial charge in [-0.1, -0.05) is 39.7 Å². The molecule has 190 valence electrons. The summed E-state index contributed by atoms with van der Waals surface area (Å²) in [6.07, 6.45) is 1.78. The molecule has 0 bridgehead atoms. The van der Waals surface area contributed by atoms with Gasteiger partial charge in [-0.2, -0.15) is 0 Å². The summed E-state index contributed by atoms with van der Waals surface area (Å²) in [5.74, 6) is 2.10. The van der Waals surface area contributed by atoms with Crippen LogP contribution >= 0.6 is 39.7 Å². The van der Waals surface area contributed by atoms with Gasteiger partial charge in [0.25, 0.3) is 0 Å². The molecule has 1 aliphatic rings. The summed E-state index contributed by atoms with van der Waals surface area (Å²) < 4.78 is 18.3. The van der Waals surface area contributed by atoms with Crippen LogP contribution in [0.25, 0.3) is 11.3 Å². The second kappa shape index (κ2) is 11.2. The molecule has 1 N–H and O–H groups in total. The molecule has 0 amide bonds. The molecule has 2 aromatic heterocycles. The second-order valence-electron chi connectivity index (χ2n) is 8.64. The summed E-state index contributed by atoms with van der Waals surface area (Å²) in [5.41, 5.74) is 3.82. The third-order valence-corrected chi connectivity index (χ3v) is 7.41. The molecule has 5 rings (SSSR count). The van der Waals surface area contributed by atoms with E-state index in [1.807, 2.05) is 53.4 Å². The zero-order valence-electron chi connectivity index (χ0n) is 20.3. The topological polar surface area (TPSA) is 59.8 Å². The van der Waals surface area contributed by atoms with Crippen molar-refractivity contribution in [2.45, 2.75) is 19.0 Å². The van der Waals surface area contributed by atoms with Crippen molar-refractivity contribution < 1.29 is 13.9 Å². The molecule has 37 heavy (non-hydrogen) atoms. The highest BCUT2D eigenvalue weighted by atomic mass is 79.9. The van der Waals surface area contributed by atoms with Gasteiger partial charge in [0.2, 0.25) is 0 Å². The Morgan fingerprint density at radius 3 is 2.70 bits per heavy atom. The third-order valence-electron chi connectivity index (χ3n) is 6.15. The number of methoxy groups -OCH3 is 1. The van der Waals surface area contributed by atoms with E-state index in [-0.39, 0.29) is 12.1 Å². The zero-order valence-corrected chi connectivity index (χ0v) is 23.4. The van der Waals surface area contributed by atoms with Gasteiger partial charge in [0, 0.05) is 29.0 Å². The Kier molecular flexibility index (Phi) is 7.81. The van der Waals surface area contributed by atoms with Crippen molar-refractivity contribution in [3.8, 4) is 17.1 Å². The quantitative estimate of drug-likeness (QED) is 0.169. The predicted molar refractivity (Wildman–Crippen MR) is 153 cm³/mol. The van der Waals surface area contributed by atoms with Crippen LogP contribution in [-0.2, 0) is 4.74 Å². The number of hydrogen-bond acceptors (Lipinski definition) is 5. The van der Waals surface area contributed by atoms with Crippen LogP contribution in [0.5, 0.6) is 5.75 Å². The van der Waals surface area contributed by atoms with Gasteiger partial charge in [0.1, 0.15) is 29.9 Å². The smallest absolute Gasteiger partial charge is 0.174 e. The summed E-state index contributed by atoms with van der Waals surface area (Å²) in [6, 6.07) is 21.1. The minimum absolute atomic E-state index is 0.231. The van der Waals surface area contributed by atoms with Crippen molar-refractivity contribution >= 4 is 50.5 Å². The van der Waals surface area contributed by atoms with Crippen LogP contribution in [0.15, 0.2) is 81.8 Å². The number of thiocarbonyl (C=S) groups is 1. The highest BCUT2D eigenvalue weighted by Crippen LogP contribution is 2.44. The molecule has 9 heteroatoms. The fourth-order valence-corrected chi connectivity index (χ4v) is 5.65. The fraction of sp³-hybridized carbons (Fsp3) is 0.214. The molecule has 4 aromatic rings. The third kappa shape index (κ3) is 5.38. The van der Waals surface area contributed by atoms with Gasteiger partial charge in [0.05, 0.1) is 23.4 Å². The molecule has 2 aromatic carbocycles. The summed E-state index contributed by atoms with van der Waals surface area (Å²) in [6.45, 7) is 2.94. The molecule has 1 aliphatic heterocycles. The Balaban J connectivity index is 1.54. The van der Waals surface area contributed by atoms with E-state index in [0.717, 1.165) is 32.9 Å². The summed E-state index contributed by atoms with van der Waals surface area (Å²) in [5, 5.41) is 4.49. The molecular formula is C28H25BrClN3O3S. The van der Waals surface area contributed by atoms with E-state index in [9.17, 15) is 0 Å². The standard InChI is InChI=1S/C28H25BrClN3O3S/c1-17-6-8-19(20(29)15-17)23-10-11-25(36-23)27-26(22-5-3-4-12-31-22)32-28(37)33(27)18-7-9-24(21(30)16-18)35-14-13-34-2/h3-12,15-16,26-27H,13-14H2,1-2H3,(H,32,37)/t26-,27+/m1/s1. The van der Waals surface area contributed by atoms with E-state index < -0.39 is 0 Å². The van der Waals surface area contributed by atoms with Crippen molar-refractivity contribution in [2.75, 3.05) is 25.2 Å². The van der Waals surface area contributed by atoms with Crippen molar-refractivity contribution in [3.05, 3.63) is 99.4 Å². The molecule has 1 saturated heterocycles. The van der Waals surface area contributed by atoms with E-state index in [0.29, 0.717) is 29.1 Å². The van der Waals surface area contributed by atoms with Crippen molar-refractivity contribution in [1.82, 2.24) is 10.3 Å². The number of nitrogens with one attached hydrogen (secondary N) is 1. The van der Waals surface area contributed by atoms with Gasteiger partial charge in [-0.25, -0.2) is 0 Å². The molecule has 0 spiro atoms. The molecule has 0 saturated carbocycles. The lowest BCUT2D eigenvalue weighted by Crippen LogP contribution is -2.29. The number of anilines is 1. The molecule has 0 unspecified atom stereocenters. The van der Waals surface area contributed by atoms with E-state index in [4.69, 9.17) is 37.7 Å². The molecule has 0 radical (unpaired) electrons. The van der Waals surface area contributed by atoms with Gasteiger partial charge < -0.3 is 24.1 Å². The molecule has 3 heterocycles. The average molecular weight is 599 g/mol. The minimum atomic E-state index is -0.295. The van der Waals surface area contributed by atoms with Gasteiger partial charge in [-0.3, -0.25) is 4.98 Å². The number of nitrogens with zero attached hydrogens (tertiary/aromatic N) is 2. The molecular weight excluding hydrogens is 574 g/mol. The maximum absolute atomic E-state index is 6.60. The number of aryl methyl sites for hydroxylation is 1. The number of ether oxygens (including phenoxy) is 2. The number of benzene rings is 2. The van der Waals surface area contributed by atoms with Crippen molar-refractivity contribution in [2.24, 2.45) is 0 Å². The van der Waals surface area contributed by atoms with E-state index in [1.165, 1.54) is 5.56 Å². The monoisotopic (exact) mass is 597 g/mol. The summed E-state index contributed by atoms with van der Waals surface area (Å²) >= 11 is 16.1. The predicted octanol–water partition coefficient (Wildman–Crippen LogP) is 7.27. The maximum atomic E-state index is 6.60. The minimum Gasteiger partial charge on any atom is -0.490 e. The average Bonchev–Trinajstić information content (AvgIpc) is 3.50. The number of pyridine rings is 1. The first kappa shape index (κ1) is 25.7. The number of hydrogen-bond donors (Lipinski definition) is 1. The number of aromatic nitrogens is 1. The first-order valence-corrected chi connectivity index (χ1v) is 13.3. The number of rotatable bonds is 8. The molecule has 6 nitrogen and oxygen atoms in total. The van der Waals surface area contributed by atoms with Crippen LogP contribution in [0.4, 0.5) is 5.69 Å². The van der Waals surface area contributed by atoms with E-state index in [1.54, 1.807) is 13.3 Å². The Bertz CT molecular complexity index is 1420. The maximum Gasteiger partial charge on any atom is 0.174 e. The van der Waals surface area contributed by atoms with Gasteiger partial charge in [-0.15, -0.1) is 0 Å². The molecule has 1 fully saturated rings. The summed E-state index contributed by atoms with van der Waals surface area (Å²) in [4.78, 5) is 6.63. The van der Waals surface area contributed by atoms with Crippen molar-refractivity contribution in [3.63, 3.8) is 0 Å². The van der Waals surface area contributed by atoms with Gasteiger partial charge in [0.15, 0.2) is 5.11 Å². The lowest BCUT2D eigenvalue weighted by Gasteiger charge is -2.26. The highest BCUT2D eigenvalue weighted by molar-refractivity contribution is 9.10. The van der Waals surface area contributed by atoms with Gasteiger partial charge >= 0.3 is 0 Å². The SMILES string of the molecule is COCCOc1ccc(N2C(=S)N[C@H](c3ccccn3)[C@@H]2c2ccc(-c3ccc(C)cc3Br)o2)cc1Cl.